The number of rotatable bonds is 2. The molecule has 0 heterocycles. The van der Waals surface area contributed by atoms with Crippen LogP contribution in [0.3, 0.4) is 0 Å². The number of nitrogens with one attached hydrogen (secondary N) is 1. The van der Waals surface area contributed by atoms with Crippen molar-refractivity contribution in [2.75, 3.05) is 5.32 Å². The Bertz CT molecular complexity index is 408. The van der Waals surface area contributed by atoms with Crippen molar-refractivity contribution in [2.24, 2.45) is 0 Å². The molecule has 1 saturated carbocycles. The first-order chi connectivity index (χ1) is 10.3. The topological polar surface area (TPSA) is 12.0 Å². The van der Waals surface area contributed by atoms with Gasteiger partial charge in [-0.15, -0.1) is 0 Å². The van der Waals surface area contributed by atoms with Crippen molar-refractivity contribution >= 4 is 28.9 Å². The standard InChI is InChI=1S/C18H27Cl2N/c19-16-13-10-14-17(18(16)20)21-15-11-8-6-4-2-1-3-5-7-9-12-15/h10,13-15,21H,1-9,11-12H2. The van der Waals surface area contributed by atoms with Gasteiger partial charge in [-0.05, 0) is 25.0 Å². The zero-order valence-corrected chi connectivity index (χ0v) is 14.4. The van der Waals surface area contributed by atoms with Crippen LogP contribution < -0.4 is 5.32 Å². The summed E-state index contributed by atoms with van der Waals surface area (Å²) in [6.07, 6.45) is 14.9. The summed E-state index contributed by atoms with van der Waals surface area (Å²) in [5.74, 6) is 0. The second kappa shape index (κ2) is 9.58. The molecule has 1 nitrogen and oxygen atoms in total. The number of hydrogen-bond acceptors (Lipinski definition) is 1. The third-order valence-electron chi connectivity index (χ3n) is 4.42. The second-order valence-electron chi connectivity index (χ2n) is 6.20. The van der Waals surface area contributed by atoms with Crippen LogP contribution in [0.25, 0.3) is 0 Å². The predicted octanol–water partition coefficient (Wildman–Crippen LogP) is 7.08. The molecule has 2 rings (SSSR count). The lowest BCUT2D eigenvalue weighted by Gasteiger charge is -2.21. The van der Waals surface area contributed by atoms with Crippen LogP contribution in [0.2, 0.25) is 10.0 Å². The average Bonchev–Trinajstić information content (AvgIpc) is 2.46. The fraction of sp³-hybridized carbons (Fsp3) is 0.667. The Morgan fingerprint density at radius 3 is 1.86 bits per heavy atom. The minimum Gasteiger partial charge on any atom is -0.381 e. The predicted molar refractivity (Wildman–Crippen MR) is 94.7 cm³/mol. The van der Waals surface area contributed by atoms with Crippen LogP contribution in [0.1, 0.15) is 70.6 Å². The Morgan fingerprint density at radius 2 is 1.29 bits per heavy atom. The van der Waals surface area contributed by atoms with Crippen LogP contribution >= 0.6 is 23.2 Å². The zero-order chi connectivity index (χ0) is 14.9. The minimum absolute atomic E-state index is 0.528. The van der Waals surface area contributed by atoms with Gasteiger partial charge in [0.25, 0.3) is 0 Å². The lowest BCUT2D eigenvalue weighted by atomic mass is 9.98. The van der Waals surface area contributed by atoms with Crippen LogP contribution in [0.15, 0.2) is 18.2 Å². The molecule has 1 N–H and O–H groups in total. The van der Waals surface area contributed by atoms with E-state index in [0.29, 0.717) is 16.1 Å². The van der Waals surface area contributed by atoms with E-state index in [2.05, 4.69) is 5.32 Å². The quantitative estimate of drug-likeness (QED) is 0.611. The van der Waals surface area contributed by atoms with E-state index < -0.39 is 0 Å². The fourth-order valence-corrected chi connectivity index (χ4v) is 3.50. The molecule has 0 aliphatic heterocycles. The van der Waals surface area contributed by atoms with Crippen molar-refractivity contribution in [3.63, 3.8) is 0 Å². The normalized spacial score (nSPS) is 19.5. The molecule has 3 heteroatoms. The first kappa shape index (κ1) is 17.0. The molecule has 118 valence electrons. The number of benzene rings is 1. The SMILES string of the molecule is Clc1cccc(NC2CCCCCCCCCCC2)c1Cl. The highest BCUT2D eigenvalue weighted by Crippen LogP contribution is 2.31. The fourth-order valence-electron chi connectivity index (χ4n) is 3.14. The monoisotopic (exact) mass is 327 g/mol. The summed E-state index contributed by atoms with van der Waals surface area (Å²) in [6, 6.07) is 6.37. The molecule has 0 radical (unpaired) electrons. The summed E-state index contributed by atoms with van der Waals surface area (Å²) in [7, 11) is 0. The van der Waals surface area contributed by atoms with E-state index in [1.807, 2.05) is 18.2 Å². The van der Waals surface area contributed by atoms with Crippen LogP contribution in [0.5, 0.6) is 0 Å². The van der Waals surface area contributed by atoms with Crippen molar-refractivity contribution in [1.82, 2.24) is 0 Å². The van der Waals surface area contributed by atoms with Gasteiger partial charge in [0.15, 0.2) is 0 Å². The molecule has 0 bridgehead atoms. The molecule has 0 amide bonds. The molecule has 0 spiro atoms. The molecule has 0 atom stereocenters. The third kappa shape index (κ3) is 6.08. The van der Waals surface area contributed by atoms with E-state index in [9.17, 15) is 0 Å². The largest absolute Gasteiger partial charge is 0.381 e. The average molecular weight is 328 g/mol. The van der Waals surface area contributed by atoms with Crippen LogP contribution in [-0.4, -0.2) is 6.04 Å². The van der Waals surface area contributed by atoms with Gasteiger partial charge in [-0.25, -0.2) is 0 Å². The smallest absolute Gasteiger partial charge is 0.0823 e. The summed E-state index contributed by atoms with van der Waals surface area (Å²) in [5.41, 5.74) is 0.987. The molecule has 1 aliphatic carbocycles. The van der Waals surface area contributed by atoms with E-state index in [0.717, 1.165) is 5.69 Å². The van der Waals surface area contributed by atoms with E-state index in [-0.39, 0.29) is 0 Å². The summed E-state index contributed by atoms with van der Waals surface area (Å²) >= 11 is 12.4. The highest BCUT2D eigenvalue weighted by molar-refractivity contribution is 6.43. The van der Waals surface area contributed by atoms with Gasteiger partial charge in [0.1, 0.15) is 0 Å². The maximum absolute atomic E-state index is 6.30. The van der Waals surface area contributed by atoms with Crippen molar-refractivity contribution < 1.29 is 0 Å². The van der Waals surface area contributed by atoms with Gasteiger partial charge < -0.3 is 5.32 Å². The maximum Gasteiger partial charge on any atom is 0.0823 e. The molecule has 21 heavy (non-hydrogen) atoms. The summed E-state index contributed by atoms with van der Waals surface area (Å²) < 4.78 is 0. The summed E-state index contributed by atoms with van der Waals surface area (Å²) in [5, 5.41) is 4.92. The van der Waals surface area contributed by atoms with E-state index in [1.165, 1.54) is 70.6 Å². The first-order valence-corrected chi connectivity index (χ1v) is 9.23. The van der Waals surface area contributed by atoms with E-state index in [1.54, 1.807) is 0 Å². The van der Waals surface area contributed by atoms with Gasteiger partial charge in [0, 0.05) is 6.04 Å². The van der Waals surface area contributed by atoms with Gasteiger partial charge in [-0.2, -0.15) is 0 Å². The molecular weight excluding hydrogens is 301 g/mol. The highest BCUT2D eigenvalue weighted by Gasteiger charge is 2.12. The molecule has 0 saturated heterocycles. The number of hydrogen-bond donors (Lipinski definition) is 1. The minimum atomic E-state index is 0.528. The van der Waals surface area contributed by atoms with Crippen molar-refractivity contribution in [3.8, 4) is 0 Å². The Hall–Kier alpha value is -0.400. The van der Waals surface area contributed by atoms with Crippen molar-refractivity contribution in [1.29, 1.82) is 0 Å². The van der Waals surface area contributed by atoms with Crippen LogP contribution in [0, 0.1) is 0 Å². The molecular formula is C18H27Cl2N. The molecule has 0 aromatic heterocycles. The van der Waals surface area contributed by atoms with Crippen LogP contribution in [0.4, 0.5) is 5.69 Å². The van der Waals surface area contributed by atoms with Crippen molar-refractivity contribution in [3.05, 3.63) is 28.2 Å². The number of anilines is 1. The molecule has 0 unspecified atom stereocenters. The van der Waals surface area contributed by atoms with Gasteiger partial charge in [0.05, 0.1) is 15.7 Å². The Kier molecular flexibility index (Phi) is 7.74. The number of halogens is 2. The van der Waals surface area contributed by atoms with Gasteiger partial charge in [0.2, 0.25) is 0 Å². The Morgan fingerprint density at radius 1 is 0.762 bits per heavy atom. The van der Waals surface area contributed by atoms with Crippen LogP contribution in [-0.2, 0) is 0 Å². The van der Waals surface area contributed by atoms with E-state index in [4.69, 9.17) is 23.2 Å². The van der Waals surface area contributed by atoms with Gasteiger partial charge in [-0.1, -0.05) is 87.1 Å². The first-order valence-electron chi connectivity index (χ1n) is 8.48. The Labute approximate surface area is 139 Å². The molecule has 1 aromatic rings. The third-order valence-corrected chi connectivity index (χ3v) is 5.24. The lowest BCUT2D eigenvalue weighted by Crippen LogP contribution is -2.20. The second-order valence-corrected chi connectivity index (χ2v) is 6.99. The van der Waals surface area contributed by atoms with E-state index >= 15 is 0 Å². The maximum atomic E-state index is 6.30. The zero-order valence-electron chi connectivity index (χ0n) is 12.8. The van der Waals surface area contributed by atoms with Gasteiger partial charge in [-0.3, -0.25) is 0 Å². The lowest BCUT2D eigenvalue weighted by molar-refractivity contribution is 0.480. The summed E-state index contributed by atoms with van der Waals surface area (Å²) in [4.78, 5) is 0. The Balaban J connectivity index is 1.92. The van der Waals surface area contributed by atoms with Crippen molar-refractivity contribution in [2.45, 2.75) is 76.7 Å². The molecule has 1 fully saturated rings. The highest BCUT2D eigenvalue weighted by atomic mass is 35.5. The molecule has 1 aromatic carbocycles. The van der Waals surface area contributed by atoms with Gasteiger partial charge >= 0.3 is 0 Å². The molecule has 1 aliphatic rings. The summed E-state index contributed by atoms with van der Waals surface area (Å²) in [6.45, 7) is 0.